The van der Waals surface area contributed by atoms with E-state index in [1.54, 1.807) is 24.5 Å². The van der Waals surface area contributed by atoms with Crippen molar-refractivity contribution in [1.29, 1.82) is 0 Å². The second-order valence-corrected chi connectivity index (χ2v) is 6.51. The van der Waals surface area contributed by atoms with Crippen molar-refractivity contribution in [3.63, 3.8) is 0 Å². The molecule has 25 heavy (non-hydrogen) atoms. The fourth-order valence-corrected chi connectivity index (χ4v) is 3.62. The number of nitrogens with zero attached hydrogens (tertiary/aromatic N) is 1. The number of ether oxygens (including phenoxy) is 1. The van der Waals surface area contributed by atoms with E-state index in [0.29, 0.717) is 16.1 Å². The Morgan fingerprint density at radius 1 is 1.08 bits per heavy atom. The van der Waals surface area contributed by atoms with Crippen molar-refractivity contribution >= 4 is 28.2 Å². The number of aryl methyl sites for hydroxylation is 1. The van der Waals surface area contributed by atoms with E-state index >= 15 is 0 Å². The smallest absolute Gasteiger partial charge is 0.341 e. The number of hydrogen-bond donors (Lipinski definition) is 1. The lowest BCUT2D eigenvalue weighted by Crippen LogP contribution is -2.14. The number of anilines is 1. The quantitative estimate of drug-likeness (QED) is 0.716. The second kappa shape index (κ2) is 7.27. The van der Waals surface area contributed by atoms with E-state index in [1.165, 1.54) is 18.4 Å². The third-order valence-electron chi connectivity index (χ3n) is 3.71. The highest BCUT2D eigenvalue weighted by molar-refractivity contribution is 7.17. The number of esters is 1. The van der Waals surface area contributed by atoms with Crippen LogP contribution >= 0.6 is 11.3 Å². The van der Waals surface area contributed by atoms with Crippen molar-refractivity contribution < 1.29 is 14.3 Å². The van der Waals surface area contributed by atoms with Crippen LogP contribution in [0.15, 0.2) is 54.9 Å². The summed E-state index contributed by atoms with van der Waals surface area (Å²) in [6, 6.07) is 12.8. The maximum atomic E-state index is 12.4. The minimum absolute atomic E-state index is 0.298. The summed E-state index contributed by atoms with van der Waals surface area (Å²) >= 11 is 1.35. The van der Waals surface area contributed by atoms with Gasteiger partial charge in [0.25, 0.3) is 5.91 Å². The van der Waals surface area contributed by atoms with Crippen LogP contribution in [0.4, 0.5) is 5.00 Å². The molecule has 0 unspecified atom stereocenters. The predicted octanol–water partition coefficient (Wildman–Crippen LogP) is 4.16. The van der Waals surface area contributed by atoms with Gasteiger partial charge in [-0.25, -0.2) is 4.79 Å². The van der Waals surface area contributed by atoms with Crippen molar-refractivity contribution in [3.8, 4) is 11.1 Å². The maximum Gasteiger partial charge on any atom is 0.341 e. The summed E-state index contributed by atoms with van der Waals surface area (Å²) in [7, 11) is 1.33. The number of nitrogens with one attached hydrogen (secondary N) is 1. The average molecular weight is 352 g/mol. The van der Waals surface area contributed by atoms with Gasteiger partial charge in [0.1, 0.15) is 10.6 Å². The first kappa shape index (κ1) is 16.9. The Hall–Kier alpha value is -2.99. The molecule has 5 nitrogen and oxygen atoms in total. The molecule has 0 spiro atoms. The van der Waals surface area contributed by atoms with E-state index in [1.807, 2.05) is 37.3 Å². The standard InChI is InChI=1S/C19H16N2O3S/c1-12-15(13-6-4-3-5-7-13)16(19(23)24-2)18(25-12)21-17(22)14-8-10-20-11-9-14/h3-11H,1-2H3,(H,21,22). The molecule has 1 aromatic carbocycles. The molecule has 0 bridgehead atoms. The van der Waals surface area contributed by atoms with Crippen molar-refractivity contribution in [2.45, 2.75) is 6.92 Å². The first-order valence-corrected chi connectivity index (χ1v) is 8.42. The molecule has 2 aromatic heterocycles. The van der Waals surface area contributed by atoms with E-state index in [2.05, 4.69) is 10.3 Å². The minimum Gasteiger partial charge on any atom is -0.465 e. The molecule has 3 aromatic rings. The normalized spacial score (nSPS) is 10.3. The highest BCUT2D eigenvalue weighted by atomic mass is 32.1. The van der Waals surface area contributed by atoms with Crippen molar-refractivity contribution in [2.24, 2.45) is 0 Å². The molecule has 1 amide bonds. The lowest BCUT2D eigenvalue weighted by molar-refractivity contribution is 0.0603. The number of methoxy groups -OCH3 is 1. The molecule has 0 radical (unpaired) electrons. The largest absolute Gasteiger partial charge is 0.465 e. The molecule has 126 valence electrons. The number of amides is 1. The third-order valence-corrected chi connectivity index (χ3v) is 4.73. The Balaban J connectivity index is 2.05. The van der Waals surface area contributed by atoms with Crippen LogP contribution in [0.25, 0.3) is 11.1 Å². The summed E-state index contributed by atoms with van der Waals surface area (Å²) in [5.74, 6) is -0.776. The van der Waals surface area contributed by atoms with E-state index in [4.69, 9.17) is 4.74 Å². The highest BCUT2D eigenvalue weighted by Crippen LogP contribution is 2.40. The van der Waals surface area contributed by atoms with Gasteiger partial charge in [0.15, 0.2) is 0 Å². The molecule has 0 atom stereocenters. The zero-order chi connectivity index (χ0) is 17.8. The third kappa shape index (κ3) is 3.44. The van der Waals surface area contributed by atoms with Gasteiger partial charge < -0.3 is 10.1 Å². The number of rotatable bonds is 4. The van der Waals surface area contributed by atoms with Crippen LogP contribution in [-0.4, -0.2) is 24.0 Å². The van der Waals surface area contributed by atoms with Gasteiger partial charge in [0, 0.05) is 28.4 Å². The Morgan fingerprint density at radius 3 is 2.40 bits per heavy atom. The lowest BCUT2D eigenvalue weighted by Gasteiger charge is -2.08. The number of carbonyl (C=O) groups excluding carboxylic acids is 2. The molecule has 1 N–H and O–H groups in total. The van der Waals surface area contributed by atoms with Gasteiger partial charge in [-0.05, 0) is 24.6 Å². The molecule has 0 aliphatic carbocycles. The van der Waals surface area contributed by atoms with Crippen molar-refractivity contribution in [1.82, 2.24) is 4.98 Å². The summed E-state index contributed by atoms with van der Waals surface area (Å²) in [6.07, 6.45) is 3.09. The van der Waals surface area contributed by atoms with E-state index in [9.17, 15) is 9.59 Å². The van der Waals surface area contributed by atoms with Crippen LogP contribution < -0.4 is 5.32 Å². The number of hydrogen-bond acceptors (Lipinski definition) is 5. The Bertz CT molecular complexity index is 905. The molecule has 0 aliphatic heterocycles. The fourth-order valence-electron chi connectivity index (χ4n) is 2.56. The molecule has 2 heterocycles. The average Bonchev–Trinajstić information content (AvgIpc) is 2.98. The number of pyridine rings is 1. The zero-order valence-electron chi connectivity index (χ0n) is 13.8. The summed E-state index contributed by atoms with van der Waals surface area (Å²) < 4.78 is 4.95. The van der Waals surface area contributed by atoms with Gasteiger partial charge in [-0.15, -0.1) is 11.3 Å². The van der Waals surface area contributed by atoms with E-state index in [0.717, 1.165) is 16.0 Å². The van der Waals surface area contributed by atoms with Gasteiger partial charge in [-0.1, -0.05) is 30.3 Å². The van der Waals surface area contributed by atoms with Crippen LogP contribution in [0.5, 0.6) is 0 Å². The summed E-state index contributed by atoms with van der Waals surface area (Å²) in [6.45, 7) is 1.92. The maximum absolute atomic E-state index is 12.4. The molecule has 0 saturated heterocycles. The van der Waals surface area contributed by atoms with Gasteiger partial charge in [-0.2, -0.15) is 0 Å². The predicted molar refractivity (Wildman–Crippen MR) is 98.0 cm³/mol. The number of aromatic nitrogens is 1. The number of thiophene rings is 1. The monoisotopic (exact) mass is 352 g/mol. The van der Waals surface area contributed by atoms with Gasteiger partial charge in [-0.3, -0.25) is 9.78 Å². The van der Waals surface area contributed by atoms with E-state index < -0.39 is 5.97 Å². The summed E-state index contributed by atoms with van der Waals surface area (Å²) in [5, 5.41) is 3.30. The van der Waals surface area contributed by atoms with Crippen LogP contribution in [0, 0.1) is 6.92 Å². The summed E-state index contributed by atoms with van der Waals surface area (Å²) in [5.41, 5.74) is 2.53. The topological polar surface area (TPSA) is 68.3 Å². The van der Waals surface area contributed by atoms with Gasteiger partial charge in [0.05, 0.1) is 7.11 Å². The van der Waals surface area contributed by atoms with Crippen LogP contribution in [0.2, 0.25) is 0 Å². The van der Waals surface area contributed by atoms with Crippen LogP contribution in [-0.2, 0) is 4.74 Å². The van der Waals surface area contributed by atoms with Crippen LogP contribution in [0.3, 0.4) is 0 Å². The highest BCUT2D eigenvalue weighted by Gasteiger charge is 2.25. The Morgan fingerprint density at radius 2 is 1.76 bits per heavy atom. The van der Waals surface area contributed by atoms with Crippen molar-refractivity contribution in [2.75, 3.05) is 12.4 Å². The van der Waals surface area contributed by atoms with Crippen molar-refractivity contribution in [3.05, 3.63) is 70.9 Å². The second-order valence-electron chi connectivity index (χ2n) is 5.28. The molecule has 0 saturated carbocycles. The number of benzene rings is 1. The molecular weight excluding hydrogens is 336 g/mol. The molecule has 3 rings (SSSR count). The minimum atomic E-state index is -0.478. The number of carbonyl (C=O) groups is 2. The Kier molecular flexibility index (Phi) is 4.90. The van der Waals surface area contributed by atoms with Crippen LogP contribution in [0.1, 0.15) is 25.6 Å². The van der Waals surface area contributed by atoms with E-state index in [-0.39, 0.29) is 5.91 Å². The molecule has 0 fully saturated rings. The first-order chi connectivity index (χ1) is 12.1. The van der Waals surface area contributed by atoms with Gasteiger partial charge >= 0.3 is 5.97 Å². The van der Waals surface area contributed by atoms with Gasteiger partial charge in [0.2, 0.25) is 0 Å². The molecule has 0 aliphatic rings. The Labute approximate surface area is 149 Å². The zero-order valence-corrected chi connectivity index (χ0v) is 14.6. The lowest BCUT2D eigenvalue weighted by atomic mass is 10.0. The first-order valence-electron chi connectivity index (χ1n) is 7.60. The summed E-state index contributed by atoms with van der Waals surface area (Å²) in [4.78, 5) is 29.7. The fraction of sp³-hybridized carbons (Fsp3) is 0.105. The molecular formula is C19H16N2O3S. The SMILES string of the molecule is COC(=O)c1c(NC(=O)c2ccncc2)sc(C)c1-c1ccccc1. The molecule has 6 heteroatoms.